The average molecular weight is 369 g/mol. The maximum atomic E-state index is 13.6. The van der Waals surface area contributed by atoms with Gasteiger partial charge >= 0.3 is 6.03 Å². The Labute approximate surface area is 158 Å². The van der Waals surface area contributed by atoms with E-state index in [0.29, 0.717) is 25.1 Å². The Kier molecular flexibility index (Phi) is 6.06. The van der Waals surface area contributed by atoms with Gasteiger partial charge < -0.3 is 15.5 Å². The first-order valence-corrected chi connectivity index (χ1v) is 9.17. The van der Waals surface area contributed by atoms with E-state index >= 15 is 0 Å². The van der Waals surface area contributed by atoms with E-state index in [4.69, 9.17) is 0 Å². The zero-order valence-corrected chi connectivity index (χ0v) is 15.3. The molecule has 2 aromatic rings. The molecule has 2 unspecified atom stereocenters. The fraction of sp³-hybridized carbons (Fsp3) is 0.333. The Morgan fingerprint density at radius 3 is 2.63 bits per heavy atom. The fourth-order valence-corrected chi connectivity index (χ4v) is 3.36. The topological polar surface area (TPSA) is 61.4 Å². The molecule has 0 aliphatic carbocycles. The van der Waals surface area contributed by atoms with Gasteiger partial charge in [-0.05, 0) is 30.5 Å². The van der Waals surface area contributed by atoms with Crippen LogP contribution < -0.4 is 10.6 Å². The number of amides is 3. The van der Waals surface area contributed by atoms with Gasteiger partial charge in [-0.1, -0.05) is 48.5 Å². The molecule has 142 valence electrons. The molecule has 2 aromatic carbocycles. The van der Waals surface area contributed by atoms with Gasteiger partial charge in [0.25, 0.3) is 0 Å². The minimum Gasteiger partial charge on any atom is -0.338 e. The molecule has 1 aliphatic heterocycles. The molecule has 27 heavy (non-hydrogen) atoms. The van der Waals surface area contributed by atoms with Crippen LogP contribution in [-0.4, -0.2) is 36.0 Å². The summed E-state index contributed by atoms with van der Waals surface area (Å²) in [5.41, 5.74) is 1.64. The fourth-order valence-electron chi connectivity index (χ4n) is 3.36. The summed E-state index contributed by atoms with van der Waals surface area (Å²) in [4.78, 5) is 26.2. The van der Waals surface area contributed by atoms with Gasteiger partial charge in [-0.3, -0.25) is 4.79 Å². The van der Waals surface area contributed by atoms with E-state index in [0.717, 1.165) is 5.56 Å². The Bertz CT molecular complexity index is 797. The summed E-state index contributed by atoms with van der Waals surface area (Å²) in [6, 6.07) is 15.8. The average Bonchev–Trinajstić information content (AvgIpc) is 3.03. The highest BCUT2D eigenvalue weighted by molar-refractivity contribution is 5.82. The molecule has 2 atom stereocenters. The second kappa shape index (κ2) is 8.66. The van der Waals surface area contributed by atoms with E-state index in [9.17, 15) is 14.0 Å². The lowest BCUT2D eigenvalue weighted by molar-refractivity contribution is -0.129. The third-order valence-corrected chi connectivity index (χ3v) is 4.88. The van der Waals surface area contributed by atoms with Crippen LogP contribution >= 0.6 is 0 Å². The molecule has 0 spiro atoms. The molecular weight excluding hydrogens is 345 g/mol. The summed E-state index contributed by atoms with van der Waals surface area (Å²) in [6.07, 6.45) is 0.707. The molecular formula is C21H24FN3O2. The van der Waals surface area contributed by atoms with Crippen LogP contribution in [0.1, 0.15) is 30.5 Å². The summed E-state index contributed by atoms with van der Waals surface area (Å²) >= 11 is 0. The number of halogens is 1. The largest absolute Gasteiger partial charge is 0.338 e. The highest BCUT2D eigenvalue weighted by atomic mass is 19.1. The monoisotopic (exact) mass is 369 g/mol. The highest BCUT2D eigenvalue weighted by Crippen LogP contribution is 2.25. The van der Waals surface area contributed by atoms with Crippen LogP contribution in [0.15, 0.2) is 54.6 Å². The molecule has 3 amide bonds. The maximum absolute atomic E-state index is 13.6. The number of rotatable bonds is 6. The predicted octanol–water partition coefficient (Wildman–Crippen LogP) is 3.03. The van der Waals surface area contributed by atoms with Crippen molar-refractivity contribution in [2.45, 2.75) is 31.8 Å². The van der Waals surface area contributed by atoms with Gasteiger partial charge in [-0.2, -0.15) is 0 Å². The molecule has 0 saturated carbocycles. The summed E-state index contributed by atoms with van der Waals surface area (Å²) < 4.78 is 13.6. The quantitative estimate of drug-likeness (QED) is 0.822. The number of carbonyl (C=O) groups is 2. The van der Waals surface area contributed by atoms with Crippen molar-refractivity contribution >= 4 is 11.9 Å². The summed E-state index contributed by atoms with van der Waals surface area (Å²) in [5, 5.41) is 5.57. The van der Waals surface area contributed by atoms with Crippen LogP contribution in [-0.2, 0) is 11.2 Å². The third kappa shape index (κ3) is 4.84. The molecule has 5 nitrogen and oxygen atoms in total. The van der Waals surface area contributed by atoms with Gasteiger partial charge in [0.2, 0.25) is 5.91 Å². The molecule has 1 aliphatic rings. The summed E-state index contributed by atoms with van der Waals surface area (Å²) in [5.74, 6) is -0.241. The van der Waals surface area contributed by atoms with Gasteiger partial charge in [-0.25, -0.2) is 9.18 Å². The van der Waals surface area contributed by atoms with E-state index in [2.05, 4.69) is 10.6 Å². The summed E-state index contributed by atoms with van der Waals surface area (Å²) in [6.45, 7) is 2.80. The highest BCUT2D eigenvalue weighted by Gasteiger charge is 2.33. The van der Waals surface area contributed by atoms with Crippen LogP contribution in [0, 0.1) is 5.82 Å². The number of hydrogen-bond donors (Lipinski definition) is 2. The Morgan fingerprint density at radius 1 is 1.19 bits per heavy atom. The smallest absolute Gasteiger partial charge is 0.315 e. The van der Waals surface area contributed by atoms with Gasteiger partial charge in [-0.15, -0.1) is 0 Å². The number of urea groups is 1. The number of likely N-dealkylation sites (tertiary alicyclic amines) is 1. The van der Waals surface area contributed by atoms with Crippen molar-refractivity contribution in [2.24, 2.45) is 0 Å². The van der Waals surface area contributed by atoms with Gasteiger partial charge in [0.05, 0.1) is 12.1 Å². The standard InChI is InChI=1S/C21H24FN3O2/c1-15(16-7-3-2-4-8-16)25-14-18(13-20(25)26)24-21(27)23-12-11-17-9-5-6-10-19(17)22/h2-10,15,18H,11-14H2,1H3,(H2,23,24,27). The lowest BCUT2D eigenvalue weighted by atomic mass is 10.1. The second-order valence-corrected chi connectivity index (χ2v) is 6.78. The van der Waals surface area contributed by atoms with E-state index < -0.39 is 0 Å². The molecule has 2 N–H and O–H groups in total. The molecule has 1 heterocycles. The van der Waals surface area contributed by atoms with Crippen molar-refractivity contribution in [1.82, 2.24) is 15.5 Å². The van der Waals surface area contributed by atoms with Gasteiger partial charge in [0, 0.05) is 19.5 Å². The lowest BCUT2D eigenvalue weighted by Gasteiger charge is -2.25. The van der Waals surface area contributed by atoms with Crippen LogP contribution in [0.4, 0.5) is 9.18 Å². The molecule has 0 bridgehead atoms. The molecule has 6 heteroatoms. The van der Waals surface area contributed by atoms with Crippen molar-refractivity contribution in [3.05, 3.63) is 71.5 Å². The number of carbonyl (C=O) groups excluding carboxylic acids is 2. The minimum atomic E-state index is -0.335. The Hall–Kier alpha value is -2.89. The van der Waals surface area contributed by atoms with Crippen molar-refractivity contribution in [3.8, 4) is 0 Å². The first-order valence-electron chi connectivity index (χ1n) is 9.17. The molecule has 0 radical (unpaired) electrons. The second-order valence-electron chi connectivity index (χ2n) is 6.78. The molecule has 1 fully saturated rings. The predicted molar refractivity (Wildman–Crippen MR) is 102 cm³/mol. The number of hydrogen-bond acceptors (Lipinski definition) is 2. The Balaban J connectivity index is 1.46. The number of benzene rings is 2. The van der Waals surface area contributed by atoms with Gasteiger partial charge in [0.15, 0.2) is 0 Å². The first-order chi connectivity index (χ1) is 13.0. The van der Waals surface area contributed by atoms with Crippen molar-refractivity contribution in [2.75, 3.05) is 13.1 Å². The van der Waals surface area contributed by atoms with Crippen molar-refractivity contribution in [3.63, 3.8) is 0 Å². The SMILES string of the molecule is CC(c1ccccc1)N1CC(NC(=O)NCCc2ccccc2F)CC1=O. The zero-order valence-electron chi connectivity index (χ0n) is 15.3. The number of nitrogens with zero attached hydrogens (tertiary/aromatic N) is 1. The molecule has 0 aromatic heterocycles. The van der Waals surface area contributed by atoms with Crippen molar-refractivity contribution in [1.29, 1.82) is 0 Å². The van der Waals surface area contributed by atoms with E-state index in [1.807, 2.05) is 37.3 Å². The first kappa shape index (κ1) is 18.9. The zero-order chi connectivity index (χ0) is 19.2. The lowest BCUT2D eigenvalue weighted by Crippen LogP contribution is -2.44. The Morgan fingerprint density at radius 2 is 1.89 bits per heavy atom. The van der Waals surface area contributed by atoms with E-state index in [-0.39, 0.29) is 36.3 Å². The maximum Gasteiger partial charge on any atom is 0.315 e. The van der Waals surface area contributed by atoms with Crippen LogP contribution in [0.2, 0.25) is 0 Å². The van der Waals surface area contributed by atoms with Gasteiger partial charge in [0.1, 0.15) is 5.82 Å². The minimum absolute atomic E-state index is 0.0306. The normalized spacial score (nSPS) is 17.6. The van der Waals surface area contributed by atoms with Crippen molar-refractivity contribution < 1.29 is 14.0 Å². The van der Waals surface area contributed by atoms with Crippen LogP contribution in [0.25, 0.3) is 0 Å². The van der Waals surface area contributed by atoms with Crippen LogP contribution in [0.3, 0.4) is 0 Å². The van der Waals surface area contributed by atoms with E-state index in [1.165, 1.54) is 6.07 Å². The summed E-state index contributed by atoms with van der Waals surface area (Å²) in [7, 11) is 0. The molecule has 3 rings (SSSR count). The third-order valence-electron chi connectivity index (χ3n) is 4.88. The van der Waals surface area contributed by atoms with E-state index in [1.54, 1.807) is 23.1 Å². The number of nitrogens with one attached hydrogen (secondary N) is 2. The van der Waals surface area contributed by atoms with Crippen LogP contribution in [0.5, 0.6) is 0 Å². The molecule has 1 saturated heterocycles.